The molecule has 0 saturated carbocycles. The van der Waals surface area contributed by atoms with Crippen LogP contribution in [0.25, 0.3) is 10.2 Å². The Bertz CT molecular complexity index is 831. The molecule has 2 aromatic rings. The minimum absolute atomic E-state index is 0.0481. The van der Waals surface area contributed by atoms with Gasteiger partial charge in [0, 0.05) is 23.5 Å². The number of rotatable bonds is 2. The third-order valence-corrected chi connectivity index (χ3v) is 5.19. The SMILES string of the molecule is CCCn1cnc2sc3c(c2c1=O)CCN(C(=O)NC(C)(C)C)C3. The van der Waals surface area contributed by atoms with Crippen molar-refractivity contribution in [2.24, 2.45) is 0 Å². The van der Waals surface area contributed by atoms with Crippen LogP contribution < -0.4 is 10.9 Å². The van der Waals surface area contributed by atoms with Crippen LogP contribution >= 0.6 is 11.3 Å². The van der Waals surface area contributed by atoms with Gasteiger partial charge in [-0.15, -0.1) is 11.3 Å². The van der Waals surface area contributed by atoms with Gasteiger partial charge in [0.25, 0.3) is 5.56 Å². The van der Waals surface area contributed by atoms with E-state index in [0.29, 0.717) is 26.1 Å². The lowest BCUT2D eigenvalue weighted by Gasteiger charge is -2.31. The lowest BCUT2D eigenvalue weighted by molar-refractivity contribution is 0.184. The van der Waals surface area contributed by atoms with Crippen LogP contribution in [0, 0.1) is 0 Å². The molecule has 130 valence electrons. The maximum atomic E-state index is 12.7. The van der Waals surface area contributed by atoms with Crippen LogP contribution in [0.3, 0.4) is 0 Å². The van der Waals surface area contributed by atoms with E-state index in [1.54, 1.807) is 10.9 Å². The van der Waals surface area contributed by atoms with Crippen molar-refractivity contribution in [1.29, 1.82) is 0 Å². The molecule has 0 aromatic carbocycles. The van der Waals surface area contributed by atoms with Crippen LogP contribution in [-0.4, -0.2) is 32.6 Å². The second-order valence-corrected chi connectivity index (χ2v) is 8.36. The zero-order chi connectivity index (χ0) is 17.5. The average molecular weight is 348 g/mol. The third-order valence-electron chi connectivity index (χ3n) is 4.06. The zero-order valence-corrected chi connectivity index (χ0v) is 15.5. The van der Waals surface area contributed by atoms with E-state index in [-0.39, 0.29) is 17.1 Å². The third kappa shape index (κ3) is 3.17. The molecule has 0 unspecified atom stereocenters. The van der Waals surface area contributed by atoms with E-state index in [1.165, 1.54) is 11.3 Å². The van der Waals surface area contributed by atoms with Crippen LogP contribution in [0.15, 0.2) is 11.1 Å². The lowest BCUT2D eigenvalue weighted by Crippen LogP contribution is -2.49. The Kier molecular flexibility index (Phi) is 4.38. The van der Waals surface area contributed by atoms with Crippen LogP contribution in [-0.2, 0) is 19.5 Å². The van der Waals surface area contributed by atoms with Gasteiger partial charge >= 0.3 is 6.03 Å². The second kappa shape index (κ2) is 6.20. The Morgan fingerprint density at radius 3 is 2.83 bits per heavy atom. The quantitative estimate of drug-likeness (QED) is 0.907. The van der Waals surface area contributed by atoms with Gasteiger partial charge in [0.15, 0.2) is 0 Å². The minimum Gasteiger partial charge on any atom is -0.333 e. The van der Waals surface area contributed by atoms with Crippen molar-refractivity contribution >= 4 is 27.6 Å². The number of carbonyl (C=O) groups is 1. The fraction of sp³-hybridized carbons (Fsp3) is 0.588. The van der Waals surface area contributed by atoms with Gasteiger partial charge in [-0.2, -0.15) is 0 Å². The molecule has 0 aliphatic carbocycles. The number of thiophene rings is 1. The smallest absolute Gasteiger partial charge is 0.318 e. The largest absolute Gasteiger partial charge is 0.333 e. The number of carbonyl (C=O) groups excluding carboxylic acids is 1. The van der Waals surface area contributed by atoms with Crippen molar-refractivity contribution in [3.8, 4) is 0 Å². The molecule has 24 heavy (non-hydrogen) atoms. The Morgan fingerprint density at radius 1 is 1.42 bits per heavy atom. The Hall–Kier alpha value is -1.89. The van der Waals surface area contributed by atoms with Crippen LogP contribution in [0.1, 0.15) is 44.6 Å². The number of urea groups is 1. The number of amides is 2. The maximum Gasteiger partial charge on any atom is 0.318 e. The van der Waals surface area contributed by atoms with Gasteiger partial charge in [-0.3, -0.25) is 9.36 Å². The lowest BCUT2D eigenvalue weighted by atomic mass is 10.1. The fourth-order valence-corrected chi connectivity index (χ4v) is 4.19. The van der Waals surface area contributed by atoms with E-state index in [1.807, 2.05) is 32.6 Å². The van der Waals surface area contributed by atoms with E-state index in [9.17, 15) is 9.59 Å². The fourth-order valence-electron chi connectivity index (χ4n) is 2.99. The molecule has 1 N–H and O–H groups in total. The molecular weight excluding hydrogens is 324 g/mol. The molecule has 0 saturated heterocycles. The van der Waals surface area contributed by atoms with Crippen molar-refractivity contribution < 1.29 is 4.79 Å². The first-order valence-corrected chi connectivity index (χ1v) is 9.18. The summed E-state index contributed by atoms with van der Waals surface area (Å²) >= 11 is 1.53. The van der Waals surface area contributed by atoms with E-state index < -0.39 is 0 Å². The molecule has 6 nitrogen and oxygen atoms in total. The maximum absolute atomic E-state index is 12.7. The first-order chi connectivity index (χ1) is 11.3. The minimum atomic E-state index is -0.257. The van der Waals surface area contributed by atoms with Gasteiger partial charge in [-0.25, -0.2) is 9.78 Å². The number of hydrogen-bond acceptors (Lipinski definition) is 4. The van der Waals surface area contributed by atoms with Crippen molar-refractivity contribution in [2.75, 3.05) is 6.54 Å². The summed E-state index contributed by atoms with van der Waals surface area (Å²) in [5, 5.41) is 3.75. The Morgan fingerprint density at radius 2 is 2.17 bits per heavy atom. The molecule has 0 bridgehead atoms. The summed E-state index contributed by atoms with van der Waals surface area (Å²) in [5.41, 5.74) is 0.872. The molecule has 0 atom stereocenters. The molecule has 2 amide bonds. The number of hydrogen-bond donors (Lipinski definition) is 1. The van der Waals surface area contributed by atoms with Crippen molar-refractivity contribution in [2.45, 2.75) is 59.2 Å². The molecule has 7 heteroatoms. The Balaban J connectivity index is 1.92. The first kappa shape index (κ1) is 17.0. The van der Waals surface area contributed by atoms with Gasteiger partial charge in [-0.1, -0.05) is 6.92 Å². The molecule has 0 radical (unpaired) electrons. The average Bonchev–Trinajstić information content (AvgIpc) is 2.86. The molecule has 1 aliphatic heterocycles. The number of fused-ring (bicyclic) bond motifs is 3. The number of nitrogens with zero attached hydrogens (tertiary/aromatic N) is 3. The van der Waals surface area contributed by atoms with Crippen molar-refractivity contribution in [3.63, 3.8) is 0 Å². The summed E-state index contributed by atoms with van der Waals surface area (Å²) in [6, 6.07) is -0.0537. The van der Waals surface area contributed by atoms with Gasteiger partial charge < -0.3 is 10.2 Å². The topological polar surface area (TPSA) is 67.2 Å². The summed E-state index contributed by atoms with van der Waals surface area (Å²) in [6.07, 6.45) is 3.25. The van der Waals surface area contributed by atoms with Crippen molar-refractivity contribution in [3.05, 3.63) is 27.1 Å². The van der Waals surface area contributed by atoms with Crippen LogP contribution in [0.2, 0.25) is 0 Å². The van der Waals surface area contributed by atoms with E-state index in [2.05, 4.69) is 10.3 Å². The highest BCUT2D eigenvalue weighted by molar-refractivity contribution is 7.18. The summed E-state index contributed by atoms with van der Waals surface area (Å²) in [7, 11) is 0. The first-order valence-electron chi connectivity index (χ1n) is 8.37. The predicted octanol–water partition coefficient (Wildman–Crippen LogP) is 2.73. The van der Waals surface area contributed by atoms with E-state index in [0.717, 1.165) is 27.1 Å². The van der Waals surface area contributed by atoms with Crippen LogP contribution in [0.4, 0.5) is 4.79 Å². The van der Waals surface area contributed by atoms with Gasteiger partial charge in [0.05, 0.1) is 18.3 Å². The molecule has 1 aliphatic rings. The standard InChI is InChI=1S/C17H24N4O2S/c1-5-7-21-10-18-14-13(15(21)22)11-6-8-20(9-12(11)24-14)16(23)19-17(2,3)4/h10H,5-9H2,1-4H3,(H,19,23). The zero-order valence-electron chi connectivity index (χ0n) is 14.7. The monoisotopic (exact) mass is 348 g/mol. The molecule has 2 aromatic heterocycles. The predicted molar refractivity (Wildman–Crippen MR) is 96.6 cm³/mol. The summed E-state index contributed by atoms with van der Waals surface area (Å²) in [6.45, 7) is 9.83. The van der Waals surface area contributed by atoms with Gasteiger partial charge in [0.1, 0.15) is 4.83 Å². The second-order valence-electron chi connectivity index (χ2n) is 7.28. The van der Waals surface area contributed by atoms with E-state index >= 15 is 0 Å². The van der Waals surface area contributed by atoms with Gasteiger partial charge in [-0.05, 0) is 39.2 Å². The summed E-state index contributed by atoms with van der Waals surface area (Å²) in [5.74, 6) is 0. The van der Waals surface area contributed by atoms with Crippen molar-refractivity contribution in [1.82, 2.24) is 19.8 Å². The van der Waals surface area contributed by atoms with Crippen LogP contribution in [0.5, 0.6) is 0 Å². The molecule has 0 spiro atoms. The number of nitrogens with one attached hydrogen (secondary N) is 1. The Labute approximate surface area is 145 Å². The molecule has 3 heterocycles. The number of aromatic nitrogens is 2. The highest BCUT2D eigenvalue weighted by atomic mass is 32.1. The number of aryl methyl sites for hydroxylation is 1. The molecule has 3 rings (SSSR count). The molecular formula is C17H24N4O2S. The van der Waals surface area contributed by atoms with E-state index in [4.69, 9.17) is 0 Å². The van der Waals surface area contributed by atoms with Gasteiger partial charge in [0.2, 0.25) is 0 Å². The highest BCUT2D eigenvalue weighted by Gasteiger charge is 2.27. The summed E-state index contributed by atoms with van der Waals surface area (Å²) < 4.78 is 1.69. The summed E-state index contributed by atoms with van der Waals surface area (Å²) in [4.78, 5) is 33.2. The molecule has 0 fully saturated rings. The normalized spacial score (nSPS) is 14.8. The highest BCUT2D eigenvalue weighted by Crippen LogP contribution is 2.32.